The molecular formula is C22H29NO. The highest BCUT2D eigenvalue weighted by atomic mass is 16.3. The average Bonchev–Trinajstić information content (AvgIpc) is 2.64. The minimum atomic E-state index is -0.623. The van der Waals surface area contributed by atoms with Crippen LogP contribution in [0.15, 0.2) is 60.7 Å². The van der Waals surface area contributed by atoms with Gasteiger partial charge in [-0.05, 0) is 24.0 Å². The Morgan fingerprint density at radius 3 is 2.17 bits per heavy atom. The molecule has 1 fully saturated rings. The molecule has 4 atom stereocenters. The summed E-state index contributed by atoms with van der Waals surface area (Å²) in [5.74, 6) is 0.186. The molecule has 0 radical (unpaired) electrons. The van der Waals surface area contributed by atoms with Crippen LogP contribution in [0, 0.1) is 5.92 Å². The summed E-state index contributed by atoms with van der Waals surface area (Å²) in [6.07, 6.45) is 3.85. The van der Waals surface area contributed by atoms with Gasteiger partial charge in [0.05, 0.1) is 5.60 Å². The van der Waals surface area contributed by atoms with Crippen molar-refractivity contribution in [3.8, 4) is 0 Å². The van der Waals surface area contributed by atoms with Gasteiger partial charge < -0.3 is 10.4 Å². The van der Waals surface area contributed by atoms with E-state index in [-0.39, 0.29) is 18.0 Å². The first-order chi connectivity index (χ1) is 11.6. The molecule has 2 N–H and O–H groups in total. The van der Waals surface area contributed by atoms with E-state index in [2.05, 4.69) is 73.8 Å². The summed E-state index contributed by atoms with van der Waals surface area (Å²) < 4.78 is 0. The Bertz CT molecular complexity index is 627. The van der Waals surface area contributed by atoms with Gasteiger partial charge in [-0.3, -0.25) is 0 Å². The highest BCUT2D eigenvalue weighted by Gasteiger charge is 2.45. The topological polar surface area (TPSA) is 32.3 Å². The molecule has 3 rings (SSSR count). The number of nitrogens with one attached hydrogen (secondary N) is 1. The van der Waals surface area contributed by atoms with Gasteiger partial charge in [0.25, 0.3) is 0 Å². The maximum absolute atomic E-state index is 11.5. The third-order valence-electron chi connectivity index (χ3n) is 5.61. The number of piperidine rings is 1. The van der Waals surface area contributed by atoms with Gasteiger partial charge in [-0.1, -0.05) is 87.4 Å². The van der Waals surface area contributed by atoms with Crippen LogP contribution in [0.1, 0.15) is 62.7 Å². The minimum Gasteiger partial charge on any atom is -0.389 e. The Balaban J connectivity index is 1.93. The fourth-order valence-electron chi connectivity index (χ4n) is 4.03. The van der Waals surface area contributed by atoms with Crippen molar-refractivity contribution >= 4 is 0 Å². The third kappa shape index (κ3) is 3.55. The molecule has 24 heavy (non-hydrogen) atoms. The van der Waals surface area contributed by atoms with Crippen LogP contribution in [0.5, 0.6) is 0 Å². The monoisotopic (exact) mass is 323 g/mol. The molecule has 2 heteroatoms. The Morgan fingerprint density at radius 1 is 1.00 bits per heavy atom. The zero-order valence-electron chi connectivity index (χ0n) is 14.8. The third-order valence-corrected chi connectivity index (χ3v) is 5.61. The molecule has 1 heterocycles. The van der Waals surface area contributed by atoms with Crippen LogP contribution >= 0.6 is 0 Å². The van der Waals surface area contributed by atoms with E-state index in [1.165, 1.54) is 11.1 Å². The van der Waals surface area contributed by atoms with Gasteiger partial charge in [-0.15, -0.1) is 0 Å². The van der Waals surface area contributed by atoms with E-state index in [0.29, 0.717) is 0 Å². The lowest BCUT2D eigenvalue weighted by Crippen LogP contribution is -2.52. The minimum absolute atomic E-state index is 0.173. The van der Waals surface area contributed by atoms with Crippen molar-refractivity contribution in [3.63, 3.8) is 0 Å². The number of hydrogen-bond donors (Lipinski definition) is 2. The van der Waals surface area contributed by atoms with E-state index < -0.39 is 5.60 Å². The molecule has 1 saturated heterocycles. The molecule has 0 spiro atoms. The highest BCUT2D eigenvalue weighted by molar-refractivity contribution is 5.26. The van der Waals surface area contributed by atoms with E-state index in [1.54, 1.807) is 0 Å². The van der Waals surface area contributed by atoms with Gasteiger partial charge in [0.1, 0.15) is 0 Å². The van der Waals surface area contributed by atoms with Crippen LogP contribution in [0.3, 0.4) is 0 Å². The van der Waals surface area contributed by atoms with Crippen molar-refractivity contribution in [2.75, 3.05) is 0 Å². The van der Waals surface area contributed by atoms with Crippen LogP contribution in [-0.4, -0.2) is 10.7 Å². The predicted octanol–water partition coefficient (Wildman–Crippen LogP) is 5.02. The highest BCUT2D eigenvalue weighted by Crippen LogP contribution is 2.45. The number of aliphatic hydroxyl groups is 1. The Morgan fingerprint density at radius 2 is 1.58 bits per heavy atom. The molecule has 2 aromatic rings. The maximum atomic E-state index is 11.5. The second kappa shape index (κ2) is 7.50. The largest absolute Gasteiger partial charge is 0.389 e. The summed E-state index contributed by atoms with van der Waals surface area (Å²) >= 11 is 0. The number of benzene rings is 2. The van der Waals surface area contributed by atoms with Crippen molar-refractivity contribution in [1.82, 2.24) is 5.32 Å². The van der Waals surface area contributed by atoms with Crippen molar-refractivity contribution in [3.05, 3.63) is 71.8 Å². The van der Waals surface area contributed by atoms with Gasteiger partial charge in [0.2, 0.25) is 0 Å². The molecule has 0 aromatic heterocycles. The average molecular weight is 323 g/mol. The van der Waals surface area contributed by atoms with Gasteiger partial charge in [-0.2, -0.15) is 0 Å². The molecule has 2 aromatic carbocycles. The van der Waals surface area contributed by atoms with Gasteiger partial charge in [-0.25, -0.2) is 0 Å². The number of rotatable bonds is 5. The molecule has 0 bridgehead atoms. The zero-order chi connectivity index (χ0) is 17.0. The summed E-state index contributed by atoms with van der Waals surface area (Å²) in [7, 11) is 0. The number of hydrogen-bond acceptors (Lipinski definition) is 2. The Hall–Kier alpha value is -1.64. The molecule has 0 unspecified atom stereocenters. The van der Waals surface area contributed by atoms with Crippen molar-refractivity contribution < 1.29 is 5.11 Å². The predicted molar refractivity (Wildman–Crippen MR) is 99.8 cm³/mol. The van der Waals surface area contributed by atoms with E-state index in [9.17, 15) is 5.11 Å². The summed E-state index contributed by atoms with van der Waals surface area (Å²) in [4.78, 5) is 0. The summed E-state index contributed by atoms with van der Waals surface area (Å²) in [5.41, 5.74) is 1.91. The molecule has 0 amide bonds. The SMILES string of the molecule is CCCC[C@]1(O)C[C@@H](c2ccccc2)N[C@H](c2ccccc2)[C@@H]1C. The molecule has 128 valence electrons. The smallest absolute Gasteiger partial charge is 0.0709 e. The summed E-state index contributed by atoms with van der Waals surface area (Å²) in [6.45, 7) is 4.39. The standard InChI is InChI=1S/C22H29NO/c1-3-4-15-22(24)16-20(18-11-7-5-8-12-18)23-21(17(22)2)19-13-9-6-10-14-19/h5-14,17,20-21,23-24H,3-4,15-16H2,1-2H3/t17-,20-,21-,22-/m0/s1. The van der Waals surface area contributed by atoms with Crippen LogP contribution in [-0.2, 0) is 0 Å². The molecule has 1 aliphatic rings. The quantitative estimate of drug-likeness (QED) is 0.810. The molecule has 0 aliphatic carbocycles. The first-order valence-electron chi connectivity index (χ1n) is 9.22. The van der Waals surface area contributed by atoms with E-state index in [4.69, 9.17) is 0 Å². The Kier molecular flexibility index (Phi) is 5.37. The van der Waals surface area contributed by atoms with Gasteiger partial charge in [0.15, 0.2) is 0 Å². The Labute approximate surface area is 145 Å². The first kappa shape index (κ1) is 17.2. The molecule has 1 aliphatic heterocycles. The maximum Gasteiger partial charge on any atom is 0.0709 e. The number of unbranched alkanes of at least 4 members (excludes halogenated alkanes) is 1. The summed E-state index contributed by atoms with van der Waals surface area (Å²) in [5, 5.41) is 15.3. The first-order valence-corrected chi connectivity index (χ1v) is 9.22. The lowest BCUT2D eigenvalue weighted by atomic mass is 9.70. The van der Waals surface area contributed by atoms with Crippen LogP contribution in [0.4, 0.5) is 0 Å². The molecule has 0 saturated carbocycles. The van der Waals surface area contributed by atoms with Gasteiger partial charge >= 0.3 is 0 Å². The van der Waals surface area contributed by atoms with Crippen molar-refractivity contribution in [2.24, 2.45) is 5.92 Å². The van der Waals surface area contributed by atoms with E-state index >= 15 is 0 Å². The van der Waals surface area contributed by atoms with Crippen LogP contribution < -0.4 is 5.32 Å². The van der Waals surface area contributed by atoms with Crippen LogP contribution in [0.25, 0.3) is 0 Å². The normalized spacial score (nSPS) is 30.2. The molecule has 2 nitrogen and oxygen atoms in total. The second-order valence-electron chi connectivity index (χ2n) is 7.22. The lowest BCUT2D eigenvalue weighted by molar-refractivity contribution is -0.0752. The van der Waals surface area contributed by atoms with Crippen molar-refractivity contribution in [1.29, 1.82) is 0 Å². The fraction of sp³-hybridized carbons (Fsp3) is 0.455. The summed E-state index contributed by atoms with van der Waals surface area (Å²) in [6, 6.07) is 21.5. The van der Waals surface area contributed by atoms with E-state index in [1.807, 2.05) is 6.07 Å². The van der Waals surface area contributed by atoms with Crippen molar-refractivity contribution in [2.45, 2.75) is 57.2 Å². The van der Waals surface area contributed by atoms with Gasteiger partial charge in [0, 0.05) is 18.0 Å². The fourth-order valence-corrected chi connectivity index (χ4v) is 4.03. The second-order valence-corrected chi connectivity index (χ2v) is 7.22. The lowest BCUT2D eigenvalue weighted by Gasteiger charge is -2.48. The van der Waals surface area contributed by atoms with Crippen LogP contribution in [0.2, 0.25) is 0 Å². The van der Waals surface area contributed by atoms with E-state index in [0.717, 1.165) is 25.7 Å². The molecular weight excluding hydrogens is 294 g/mol. The zero-order valence-corrected chi connectivity index (χ0v) is 14.8.